The lowest BCUT2D eigenvalue weighted by molar-refractivity contribution is 0.255. The summed E-state index contributed by atoms with van der Waals surface area (Å²) < 4.78 is 0. The Labute approximate surface area is 202 Å². The van der Waals surface area contributed by atoms with Gasteiger partial charge in [0.2, 0.25) is 0 Å². The number of aryl methyl sites for hydroxylation is 2. The first kappa shape index (κ1) is 24.9. The van der Waals surface area contributed by atoms with Crippen LogP contribution < -0.4 is 15.5 Å². The largest absolute Gasteiger partial charge is 0.369 e. The Morgan fingerprint density at radius 3 is 2.57 bits per heavy atom. The van der Waals surface area contributed by atoms with E-state index in [-0.39, 0.29) is 24.0 Å². The molecule has 1 aromatic carbocycles. The van der Waals surface area contributed by atoms with Gasteiger partial charge in [0.1, 0.15) is 0 Å². The molecule has 30 heavy (non-hydrogen) atoms. The van der Waals surface area contributed by atoms with Crippen LogP contribution in [0.3, 0.4) is 0 Å². The predicted molar refractivity (Wildman–Crippen MR) is 140 cm³/mol. The quantitative estimate of drug-likeness (QED) is 0.232. The highest BCUT2D eigenvalue weighted by Gasteiger charge is 2.16. The van der Waals surface area contributed by atoms with Gasteiger partial charge >= 0.3 is 0 Å². The van der Waals surface area contributed by atoms with E-state index < -0.39 is 0 Å². The number of nitrogens with one attached hydrogen (secondary N) is 2. The zero-order valence-corrected chi connectivity index (χ0v) is 21.5. The second-order valence-electron chi connectivity index (χ2n) is 7.56. The number of piperazine rings is 1. The fourth-order valence-electron chi connectivity index (χ4n) is 3.59. The molecule has 0 unspecified atom stereocenters. The Bertz CT molecular complexity index is 785. The molecule has 1 aromatic heterocycles. The molecule has 1 saturated heterocycles. The SMILES string of the molecule is CN=C(NCCCN1CCN(c2cccc(C)c2)CC1)NCCc1ncc(C)s1.I. The van der Waals surface area contributed by atoms with Crippen LogP contribution in [0.4, 0.5) is 5.69 Å². The van der Waals surface area contributed by atoms with Gasteiger partial charge in [-0.3, -0.25) is 9.89 Å². The number of rotatable bonds is 8. The standard InChI is InChI=1S/C22H34N6S.HI/c1-18-6-4-7-20(16-18)28-14-12-27(13-15-28)11-5-9-24-22(23-3)25-10-8-21-26-17-19(2)29-21;/h4,6-7,16-17H,5,8-15H2,1-3H3,(H2,23,24,25);1H. The summed E-state index contributed by atoms with van der Waals surface area (Å²) in [6.07, 6.45) is 4.00. The van der Waals surface area contributed by atoms with Crippen LogP contribution in [-0.2, 0) is 6.42 Å². The van der Waals surface area contributed by atoms with E-state index in [9.17, 15) is 0 Å². The molecule has 6 nitrogen and oxygen atoms in total. The third-order valence-electron chi connectivity index (χ3n) is 5.21. The van der Waals surface area contributed by atoms with Crippen LogP contribution >= 0.6 is 35.3 Å². The fraction of sp³-hybridized carbons (Fsp3) is 0.545. The molecule has 1 aliphatic heterocycles. The van der Waals surface area contributed by atoms with E-state index in [0.717, 1.165) is 64.6 Å². The second-order valence-corrected chi connectivity index (χ2v) is 8.88. The topological polar surface area (TPSA) is 55.8 Å². The summed E-state index contributed by atoms with van der Waals surface area (Å²) in [5, 5.41) is 7.98. The Balaban J connectivity index is 0.00000320. The normalized spacial score (nSPS) is 15.0. The Kier molecular flexibility index (Phi) is 10.9. The minimum Gasteiger partial charge on any atom is -0.369 e. The number of aliphatic imine (C=N–C) groups is 1. The molecule has 0 aliphatic carbocycles. The fourth-order valence-corrected chi connectivity index (χ4v) is 4.38. The van der Waals surface area contributed by atoms with Crippen molar-refractivity contribution in [2.45, 2.75) is 26.7 Å². The van der Waals surface area contributed by atoms with Crippen molar-refractivity contribution in [1.29, 1.82) is 0 Å². The molecular formula is C22H35IN6S. The number of nitrogens with zero attached hydrogens (tertiary/aromatic N) is 4. The van der Waals surface area contributed by atoms with Crippen LogP contribution in [0, 0.1) is 13.8 Å². The van der Waals surface area contributed by atoms with Crippen LogP contribution in [0.15, 0.2) is 35.5 Å². The first-order valence-corrected chi connectivity index (χ1v) is 11.4. The summed E-state index contributed by atoms with van der Waals surface area (Å²) in [5.74, 6) is 0.877. The lowest BCUT2D eigenvalue weighted by Crippen LogP contribution is -2.47. The van der Waals surface area contributed by atoms with Crippen LogP contribution in [0.2, 0.25) is 0 Å². The summed E-state index contributed by atoms with van der Waals surface area (Å²) >= 11 is 1.76. The predicted octanol–water partition coefficient (Wildman–Crippen LogP) is 3.30. The van der Waals surface area contributed by atoms with Gasteiger partial charge in [-0.2, -0.15) is 0 Å². The van der Waals surface area contributed by atoms with E-state index in [0.29, 0.717) is 0 Å². The molecule has 2 heterocycles. The number of hydrogen-bond acceptors (Lipinski definition) is 5. The van der Waals surface area contributed by atoms with E-state index >= 15 is 0 Å². The number of guanidine groups is 1. The van der Waals surface area contributed by atoms with Crippen molar-refractivity contribution in [2.75, 3.05) is 57.8 Å². The molecule has 3 rings (SSSR count). The van der Waals surface area contributed by atoms with Crippen LogP contribution in [0.5, 0.6) is 0 Å². The highest BCUT2D eigenvalue weighted by atomic mass is 127. The highest BCUT2D eigenvalue weighted by molar-refractivity contribution is 14.0. The van der Waals surface area contributed by atoms with Crippen LogP contribution in [-0.4, -0.2) is 68.7 Å². The average molecular weight is 543 g/mol. The van der Waals surface area contributed by atoms with E-state index in [1.807, 2.05) is 13.2 Å². The van der Waals surface area contributed by atoms with Gasteiger partial charge in [0, 0.05) is 69.5 Å². The van der Waals surface area contributed by atoms with Crippen molar-refractivity contribution in [1.82, 2.24) is 20.5 Å². The van der Waals surface area contributed by atoms with Crippen molar-refractivity contribution in [2.24, 2.45) is 4.99 Å². The molecule has 2 aromatic rings. The van der Waals surface area contributed by atoms with Crippen LogP contribution in [0.25, 0.3) is 0 Å². The number of halogens is 1. The molecule has 1 fully saturated rings. The summed E-state index contributed by atoms with van der Waals surface area (Å²) in [4.78, 5) is 15.0. The number of thiazole rings is 1. The average Bonchev–Trinajstić information content (AvgIpc) is 3.15. The van der Waals surface area contributed by atoms with E-state index in [4.69, 9.17) is 0 Å². The maximum atomic E-state index is 4.40. The van der Waals surface area contributed by atoms with Crippen molar-refractivity contribution in [3.05, 3.63) is 45.9 Å². The Morgan fingerprint density at radius 2 is 1.90 bits per heavy atom. The van der Waals surface area contributed by atoms with Crippen molar-refractivity contribution < 1.29 is 0 Å². The molecular weight excluding hydrogens is 507 g/mol. The summed E-state index contributed by atoms with van der Waals surface area (Å²) in [5.41, 5.74) is 2.69. The number of aromatic nitrogens is 1. The molecule has 0 atom stereocenters. The minimum absolute atomic E-state index is 0. The van der Waals surface area contributed by atoms with Gasteiger partial charge in [-0.1, -0.05) is 12.1 Å². The monoisotopic (exact) mass is 542 g/mol. The molecule has 1 aliphatic rings. The number of anilines is 1. The first-order chi connectivity index (χ1) is 14.1. The smallest absolute Gasteiger partial charge is 0.190 e. The lowest BCUT2D eigenvalue weighted by atomic mass is 10.2. The van der Waals surface area contributed by atoms with E-state index in [1.165, 1.54) is 21.1 Å². The molecule has 2 N–H and O–H groups in total. The Hall–Kier alpha value is -1.39. The summed E-state index contributed by atoms with van der Waals surface area (Å²) in [7, 11) is 1.83. The van der Waals surface area contributed by atoms with Crippen molar-refractivity contribution in [3.8, 4) is 0 Å². The minimum atomic E-state index is 0. The van der Waals surface area contributed by atoms with E-state index in [2.05, 4.69) is 68.5 Å². The molecule has 0 spiro atoms. The maximum absolute atomic E-state index is 4.40. The third-order valence-corrected chi connectivity index (χ3v) is 6.18. The molecule has 0 saturated carbocycles. The summed E-state index contributed by atoms with van der Waals surface area (Å²) in [6.45, 7) is 11.7. The zero-order valence-electron chi connectivity index (χ0n) is 18.4. The Morgan fingerprint density at radius 1 is 1.13 bits per heavy atom. The van der Waals surface area contributed by atoms with Gasteiger partial charge in [0.15, 0.2) is 5.96 Å². The lowest BCUT2D eigenvalue weighted by Gasteiger charge is -2.36. The van der Waals surface area contributed by atoms with Gasteiger partial charge in [0.05, 0.1) is 5.01 Å². The van der Waals surface area contributed by atoms with Gasteiger partial charge in [-0.25, -0.2) is 4.98 Å². The van der Waals surface area contributed by atoms with Gasteiger partial charge in [-0.05, 0) is 44.5 Å². The molecule has 0 amide bonds. The van der Waals surface area contributed by atoms with Gasteiger partial charge in [0.25, 0.3) is 0 Å². The molecule has 166 valence electrons. The van der Waals surface area contributed by atoms with Gasteiger partial charge in [-0.15, -0.1) is 35.3 Å². The highest BCUT2D eigenvalue weighted by Crippen LogP contribution is 2.17. The molecule has 8 heteroatoms. The molecule has 0 bridgehead atoms. The number of benzene rings is 1. The van der Waals surface area contributed by atoms with Crippen molar-refractivity contribution in [3.63, 3.8) is 0 Å². The molecule has 0 radical (unpaired) electrons. The van der Waals surface area contributed by atoms with E-state index in [1.54, 1.807) is 11.3 Å². The first-order valence-electron chi connectivity index (χ1n) is 10.5. The maximum Gasteiger partial charge on any atom is 0.190 e. The second kappa shape index (κ2) is 13.1. The van der Waals surface area contributed by atoms with Crippen molar-refractivity contribution >= 4 is 47.0 Å². The summed E-state index contributed by atoms with van der Waals surface area (Å²) in [6, 6.07) is 8.83. The number of hydrogen-bond donors (Lipinski definition) is 2. The third kappa shape index (κ3) is 8.03. The zero-order chi connectivity index (χ0) is 20.5. The van der Waals surface area contributed by atoms with Crippen LogP contribution in [0.1, 0.15) is 21.9 Å². The van der Waals surface area contributed by atoms with Gasteiger partial charge < -0.3 is 15.5 Å².